The highest BCUT2D eigenvalue weighted by molar-refractivity contribution is 6.02. The quantitative estimate of drug-likeness (QED) is 0.633. The van der Waals surface area contributed by atoms with E-state index in [9.17, 15) is 19.5 Å². The molecule has 0 bridgehead atoms. The van der Waals surface area contributed by atoms with Gasteiger partial charge in [-0.25, -0.2) is 4.79 Å². The lowest BCUT2D eigenvalue weighted by Gasteiger charge is -2.22. The highest BCUT2D eigenvalue weighted by Crippen LogP contribution is 2.17. The van der Waals surface area contributed by atoms with E-state index in [4.69, 9.17) is 4.74 Å². The number of carboxylic acids is 1. The first-order valence-corrected chi connectivity index (χ1v) is 9.26. The molecule has 1 unspecified atom stereocenters. The maximum Gasteiger partial charge on any atom is 0.335 e. The van der Waals surface area contributed by atoms with Crippen LogP contribution in [0.2, 0.25) is 0 Å². The van der Waals surface area contributed by atoms with Crippen molar-refractivity contribution in [1.29, 1.82) is 0 Å². The van der Waals surface area contributed by atoms with E-state index in [1.165, 1.54) is 19.2 Å². The first kappa shape index (κ1) is 22.1. The minimum absolute atomic E-state index is 0.0413. The Kier molecular flexibility index (Phi) is 7.50. The Labute approximate surface area is 170 Å². The molecule has 7 nitrogen and oxygen atoms in total. The van der Waals surface area contributed by atoms with Crippen LogP contribution in [0.1, 0.15) is 45.7 Å². The van der Waals surface area contributed by atoms with Gasteiger partial charge in [0, 0.05) is 18.4 Å². The molecule has 0 saturated carbocycles. The number of methoxy groups -OCH3 is 1. The first-order valence-electron chi connectivity index (χ1n) is 9.26. The van der Waals surface area contributed by atoms with Crippen LogP contribution in [-0.4, -0.2) is 36.0 Å². The Morgan fingerprint density at radius 2 is 1.69 bits per heavy atom. The zero-order valence-electron chi connectivity index (χ0n) is 17.0. The normalized spacial score (nSPS) is 11.8. The van der Waals surface area contributed by atoms with Crippen molar-refractivity contribution in [1.82, 2.24) is 5.32 Å². The minimum atomic E-state index is -1.11. The summed E-state index contributed by atoms with van der Waals surface area (Å²) >= 11 is 0. The fourth-order valence-corrected chi connectivity index (χ4v) is 2.82. The standard InChI is InChI=1S/C22H26N2O5/c1-13(2)19(24-20(25)16-7-5-14(3)6-8-16)21(26)23-18-10-15(12-29-4)9-17(11-18)22(27)28/h5-11,13,19H,12H2,1-4H3,(H,23,26)(H,24,25)(H,27,28). The third-order valence-corrected chi connectivity index (χ3v) is 4.37. The second kappa shape index (κ2) is 9.84. The molecular formula is C22H26N2O5. The third kappa shape index (κ3) is 6.15. The van der Waals surface area contributed by atoms with E-state index < -0.39 is 17.9 Å². The molecule has 0 saturated heterocycles. The van der Waals surface area contributed by atoms with Crippen LogP contribution in [0.25, 0.3) is 0 Å². The lowest BCUT2D eigenvalue weighted by atomic mass is 10.0. The largest absolute Gasteiger partial charge is 0.478 e. The van der Waals surface area contributed by atoms with Gasteiger partial charge in [0.2, 0.25) is 5.91 Å². The molecule has 0 fully saturated rings. The molecular weight excluding hydrogens is 372 g/mol. The molecule has 0 aromatic heterocycles. The van der Waals surface area contributed by atoms with Crippen molar-refractivity contribution in [2.45, 2.75) is 33.4 Å². The first-order chi connectivity index (χ1) is 13.7. The predicted octanol–water partition coefficient (Wildman–Crippen LogP) is 3.23. The highest BCUT2D eigenvalue weighted by Gasteiger charge is 2.25. The van der Waals surface area contributed by atoms with Gasteiger partial charge in [0.15, 0.2) is 0 Å². The lowest BCUT2D eigenvalue weighted by molar-refractivity contribution is -0.118. The van der Waals surface area contributed by atoms with Crippen molar-refractivity contribution in [3.63, 3.8) is 0 Å². The molecule has 0 aliphatic rings. The summed E-state index contributed by atoms with van der Waals surface area (Å²) in [7, 11) is 1.50. The van der Waals surface area contributed by atoms with Crippen LogP contribution in [0.15, 0.2) is 42.5 Å². The number of anilines is 1. The lowest BCUT2D eigenvalue weighted by Crippen LogP contribution is -2.47. The van der Waals surface area contributed by atoms with Gasteiger partial charge in [-0.2, -0.15) is 0 Å². The SMILES string of the molecule is COCc1cc(NC(=O)C(NC(=O)c2ccc(C)cc2)C(C)C)cc(C(=O)O)c1. The van der Waals surface area contributed by atoms with Crippen molar-refractivity contribution in [2.75, 3.05) is 12.4 Å². The van der Waals surface area contributed by atoms with Gasteiger partial charge >= 0.3 is 5.97 Å². The van der Waals surface area contributed by atoms with Gasteiger partial charge in [0.25, 0.3) is 5.91 Å². The molecule has 2 rings (SSSR count). The molecule has 1 atom stereocenters. The zero-order valence-corrected chi connectivity index (χ0v) is 17.0. The fourth-order valence-electron chi connectivity index (χ4n) is 2.82. The number of aryl methyl sites for hydroxylation is 1. The van der Waals surface area contributed by atoms with Crippen molar-refractivity contribution in [3.8, 4) is 0 Å². The Bertz CT molecular complexity index is 891. The van der Waals surface area contributed by atoms with Crippen LogP contribution in [0.3, 0.4) is 0 Å². The number of carbonyl (C=O) groups is 3. The van der Waals surface area contributed by atoms with Crippen LogP contribution >= 0.6 is 0 Å². The Hall–Kier alpha value is -3.19. The van der Waals surface area contributed by atoms with Crippen molar-refractivity contribution in [2.24, 2.45) is 5.92 Å². The number of benzene rings is 2. The van der Waals surface area contributed by atoms with Crippen LogP contribution in [-0.2, 0) is 16.1 Å². The van der Waals surface area contributed by atoms with Gasteiger partial charge in [0.1, 0.15) is 6.04 Å². The number of aromatic carboxylic acids is 1. The van der Waals surface area contributed by atoms with Gasteiger partial charge in [-0.1, -0.05) is 31.5 Å². The predicted molar refractivity (Wildman–Crippen MR) is 110 cm³/mol. The van der Waals surface area contributed by atoms with Gasteiger partial charge in [-0.3, -0.25) is 9.59 Å². The van der Waals surface area contributed by atoms with Gasteiger partial charge in [0.05, 0.1) is 12.2 Å². The van der Waals surface area contributed by atoms with E-state index in [-0.39, 0.29) is 24.0 Å². The van der Waals surface area contributed by atoms with E-state index in [0.717, 1.165) is 5.56 Å². The third-order valence-electron chi connectivity index (χ3n) is 4.37. The number of amides is 2. The number of carbonyl (C=O) groups excluding carboxylic acids is 2. The summed E-state index contributed by atoms with van der Waals surface area (Å²) in [5, 5.41) is 14.8. The van der Waals surface area contributed by atoms with Crippen molar-refractivity contribution in [3.05, 3.63) is 64.7 Å². The minimum Gasteiger partial charge on any atom is -0.478 e. The average molecular weight is 398 g/mol. The molecule has 0 radical (unpaired) electrons. The van der Waals surface area contributed by atoms with Crippen LogP contribution < -0.4 is 10.6 Å². The average Bonchev–Trinajstić information content (AvgIpc) is 2.66. The molecule has 0 spiro atoms. The number of hydrogen-bond acceptors (Lipinski definition) is 4. The summed E-state index contributed by atoms with van der Waals surface area (Å²) in [6, 6.07) is 10.8. The molecule has 0 heterocycles. The van der Waals surface area contributed by atoms with Crippen LogP contribution in [0.4, 0.5) is 5.69 Å². The topological polar surface area (TPSA) is 105 Å². The zero-order chi connectivity index (χ0) is 21.6. The van der Waals surface area contributed by atoms with Crippen LogP contribution in [0, 0.1) is 12.8 Å². The maximum atomic E-state index is 12.8. The summed E-state index contributed by atoms with van der Waals surface area (Å²) in [5.74, 6) is -2.05. The van der Waals surface area contributed by atoms with Crippen LogP contribution in [0.5, 0.6) is 0 Å². The molecule has 2 amide bonds. The number of rotatable bonds is 8. The molecule has 3 N–H and O–H groups in total. The molecule has 29 heavy (non-hydrogen) atoms. The maximum absolute atomic E-state index is 12.8. The molecule has 154 valence electrons. The Morgan fingerprint density at radius 1 is 1.03 bits per heavy atom. The summed E-state index contributed by atoms with van der Waals surface area (Å²) < 4.78 is 5.06. The van der Waals surface area contributed by atoms with E-state index in [0.29, 0.717) is 16.8 Å². The Morgan fingerprint density at radius 3 is 2.24 bits per heavy atom. The molecule has 0 aliphatic carbocycles. The monoisotopic (exact) mass is 398 g/mol. The van der Waals surface area contributed by atoms with E-state index in [1.54, 1.807) is 18.2 Å². The molecule has 7 heteroatoms. The molecule has 2 aromatic carbocycles. The number of carboxylic acid groups (broad SMARTS) is 1. The Balaban J connectivity index is 2.20. The van der Waals surface area contributed by atoms with E-state index in [2.05, 4.69) is 10.6 Å². The van der Waals surface area contributed by atoms with E-state index in [1.807, 2.05) is 32.9 Å². The van der Waals surface area contributed by atoms with Gasteiger partial charge in [-0.15, -0.1) is 0 Å². The highest BCUT2D eigenvalue weighted by atomic mass is 16.5. The van der Waals surface area contributed by atoms with Gasteiger partial charge < -0.3 is 20.5 Å². The van der Waals surface area contributed by atoms with Crippen molar-refractivity contribution < 1.29 is 24.2 Å². The summed E-state index contributed by atoms with van der Waals surface area (Å²) in [4.78, 5) is 36.7. The van der Waals surface area contributed by atoms with E-state index >= 15 is 0 Å². The smallest absolute Gasteiger partial charge is 0.335 e. The summed E-state index contributed by atoms with van der Waals surface area (Å²) in [5.41, 5.74) is 2.48. The number of hydrogen-bond donors (Lipinski definition) is 3. The fraction of sp³-hybridized carbons (Fsp3) is 0.318. The second-order valence-electron chi connectivity index (χ2n) is 7.21. The second-order valence-corrected chi connectivity index (χ2v) is 7.21. The molecule has 0 aliphatic heterocycles. The number of nitrogens with one attached hydrogen (secondary N) is 2. The number of ether oxygens (including phenoxy) is 1. The summed E-state index contributed by atoms with van der Waals surface area (Å²) in [6.45, 7) is 5.78. The van der Waals surface area contributed by atoms with Gasteiger partial charge in [-0.05, 0) is 48.7 Å². The summed E-state index contributed by atoms with van der Waals surface area (Å²) in [6.07, 6.45) is 0. The van der Waals surface area contributed by atoms with Crippen molar-refractivity contribution >= 4 is 23.5 Å². The molecule has 2 aromatic rings.